The molecular formula is C16H21N3O5. The molecule has 1 aliphatic heterocycles. The second-order valence-electron chi connectivity index (χ2n) is 6.14. The third-order valence-corrected chi connectivity index (χ3v) is 3.45. The highest BCUT2D eigenvalue weighted by molar-refractivity contribution is 6.06. The maximum Gasteiger partial charge on any atom is 0.325 e. The Bertz CT molecular complexity index is 642. The quantitative estimate of drug-likeness (QED) is 0.664. The summed E-state index contributed by atoms with van der Waals surface area (Å²) in [5.74, 6) is -0.0533. The predicted octanol–water partition coefficient (Wildman–Crippen LogP) is 0.715. The number of rotatable bonds is 6. The van der Waals surface area contributed by atoms with E-state index in [0.29, 0.717) is 11.4 Å². The number of benzene rings is 1. The highest BCUT2D eigenvalue weighted by Crippen LogP contribution is 2.18. The summed E-state index contributed by atoms with van der Waals surface area (Å²) < 4.78 is 5.43. The van der Waals surface area contributed by atoms with Crippen molar-refractivity contribution in [1.82, 2.24) is 10.2 Å². The average molecular weight is 335 g/mol. The number of hydrogen-bond donors (Lipinski definition) is 3. The van der Waals surface area contributed by atoms with Crippen LogP contribution >= 0.6 is 0 Å². The van der Waals surface area contributed by atoms with Crippen LogP contribution in [0.1, 0.15) is 20.8 Å². The van der Waals surface area contributed by atoms with Crippen LogP contribution < -0.4 is 15.4 Å². The van der Waals surface area contributed by atoms with E-state index in [9.17, 15) is 19.5 Å². The van der Waals surface area contributed by atoms with Gasteiger partial charge in [-0.3, -0.25) is 14.5 Å². The molecule has 1 saturated heterocycles. The van der Waals surface area contributed by atoms with E-state index < -0.39 is 17.7 Å². The molecule has 130 valence electrons. The smallest absolute Gasteiger partial charge is 0.325 e. The van der Waals surface area contributed by atoms with Gasteiger partial charge in [0.1, 0.15) is 24.0 Å². The zero-order chi connectivity index (χ0) is 17.9. The summed E-state index contributed by atoms with van der Waals surface area (Å²) in [5, 5.41) is 15.2. The number of anilines is 1. The molecular weight excluding hydrogens is 314 g/mol. The number of amides is 4. The molecule has 8 heteroatoms. The average Bonchev–Trinajstić information content (AvgIpc) is 2.68. The fraction of sp³-hybridized carbons (Fsp3) is 0.438. The van der Waals surface area contributed by atoms with Crippen LogP contribution in [0.2, 0.25) is 0 Å². The number of nitrogens with zero attached hydrogens (tertiary/aromatic N) is 1. The van der Waals surface area contributed by atoms with Gasteiger partial charge in [-0.25, -0.2) is 4.79 Å². The van der Waals surface area contributed by atoms with Crippen molar-refractivity contribution in [3.8, 4) is 5.75 Å². The molecule has 24 heavy (non-hydrogen) atoms. The van der Waals surface area contributed by atoms with Crippen LogP contribution in [0.3, 0.4) is 0 Å². The number of β-amino-alcohol motifs (C(OH)–C–C–N with tert-alkyl or cyclic N) is 1. The monoisotopic (exact) mass is 335 g/mol. The third-order valence-electron chi connectivity index (χ3n) is 3.45. The number of carbonyl (C=O) groups is 3. The van der Waals surface area contributed by atoms with Gasteiger partial charge >= 0.3 is 6.03 Å². The van der Waals surface area contributed by atoms with E-state index in [1.54, 1.807) is 38.1 Å². The van der Waals surface area contributed by atoms with Crippen molar-refractivity contribution in [2.24, 2.45) is 0 Å². The lowest BCUT2D eigenvalue weighted by Crippen LogP contribution is -2.42. The molecule has 0 aliphatic carbocycles. The molecule has 0 radical (unpaired) electrons. The minimum Gasteiger partial charge on any atom is -0.491 e. The first kappa shape index (κ1) is 17.7. The number of hydrogen-bond acceptors (Lipinski definition) is 5. The lowest BCUT2D eigenvalue weighted by Gasteiger charge is -2.19. The summed E-state index contributed by atoms with van der Waals surface area (Å²) in [5.41, 5.74) is -0.325. The van der Waals surface area contributed by atoms with Crippen LogP contribution in [-0.2, 0) is 9.59 Å². The fourth-order valence-electron chi connectivity index (χ4n) is 2.28. The molecule has 1 aromatic rings. The van der Waals surface area contributed by atoms with Crippen molar-refractivity contribution in [3.63, 3.8) is 0 Å². The van der Waals surface area contributed by atoms with Crippen molar-refractivity contribution in [1.29, 1.82) is 0 Å². The van der Waals surface area contributed by atoms with Crippen LogP contribution in [0.25, 0.3) is 0 Å². The maximum atomic E-state index is 12.0. The summed E-state index contributed by atoms with van der Waals surface area (Å²) in [4.78, 5) is 35.7. The van der Waals surface area contributed by atoms with Gasteiger partial charge in [-0.1, -0.05) is 0 Å². The molecule has 0 bridgehead atoms. The first-order valence-electron chi connectivity index (χ1n) is 7.51. The van der Waals surface area contributed by atoms with Crippen molar-refractivity contribution in [2.75, 3.05) is 18.5 Å². The van der Waals surface area contributed by atoms with Crippen LogP contribution in [-0.4, -0.2) is 52.6 Å². The summed E-state index contributed by atoms with van der Waals surface area (Å²) >= 11 is 0. The minimum absolute atomic E-state index is 0.0724. The van der Waals surface area contributed by atoms with E-state index >= 15 is 0 Å². The normalized spacial score (nSPS) is 17.4. The standard InChI is InChI=1S/C16H21N3O5/c1-10(20)17-11-4-6-13(7-5-11)24-9-12(21)8-19-14(22)16(2,3)18-15(19)23/h4-7,12,21H,8-9H2,1-3H3,(H,17,20)(H,18,23). The summed E-state index contributed by atoms with van der Waals surface area (Å²) in [6.45, 7) is 4.41. The first-order valence-corrected chi connectivity index (χ1v) is 7.51. The molecule has 3 N–H and O–H groups in total. The Morgan fingerprint density at radius 2 is 1.96 bits per heavy atom. The van der Waals surface area contributed by atoms with Gasteiger partial charge in [0.2, 0.25) is 5.91 Å². The van der Waals surface area contributed by atoms with E-state index in [1.807, 2.05) is 0 Å². The number of ether oxygens (including phenoxy) is 1. The Hall–Kier alpha value is -2.61. The highest BCUT2D eigenvalue weighted by atomic mass is 16.5. The Morgan fingerprint density at radius 3 is 2.46 bits per heavy atom. The van der Waals surface area contributed by atoms with Gasteiger partial charge in [0.25, 0.3) is 5.91 Å². The Kier molecular flexibility index (Phi) is 5.08. The van der Waals surface area contributed by atoms with Crippen molar-refractivity contribution in [3.05, 3.63) is 24.3 Å². The third kappa shape index (κ3) is 4.23. The Labute approximate surface area is 139 Å². The van der Waals surface area contributed by atoms with Crippen LogP contribution in [0, 0.1) is 0 Å². The zero-order valence-corrected chi connectivity index (χ0v) is 13.8. The molecule has 8 nitrogen and oxygen atoms in total. The number of aliphatic hydroxyl groups is 1. The summed E-state index contributed by atoms with van der Waals surface area (Å²) in [6, 6.07) is 6.11. The highest BCUT2D eigenvalue weighted by Gasteiger charge is 2.44. The molecule has 1 aromatic carbocycles. The second kappa shape index (κ2) is 6.88. The van der Waals surface area contributed by atoms with Gasteiger partial charge in [0.05, 0.1) is 6.54 Å². The lowest BCUT2D eigenvalue weighted by atomic mass is 10.1. The van der Waals surface area contributed by atoms with Crippen molar-refractivity contribution < 1.29 is 24.2 Å². The van der Waals surface area contributed by atoms with E-state index in [-0.39, 0.29) is 25.0 Å². The minimum atomic E-state index is -1.01. The van der Waals surface area contributed by atoms with Gasteiger partial charge in [-0.15, -0.1) is 0 Å². The van der Waals surface area contributed by atoms with Gasteiger partial charge < -0.3 is 20.5 Å². The Morgan fingerprint density at radius 1 is 1.33 bits per heavy atom. The molecule has 0 aromatic heterocycles. The van der Waals surface area contributed by atoms with Gasteiger partial charge in [-0.05, 0) is 38.1 Å². The topological polar surface area (TPSA) is 108 Å². The van der Waals surface area contributed by atoms with E-state index in [2.05, 4.69) is 10.6 Å². The van der Waals surface area contributed by atoms with Gasteiger partial charge in [-0.2, -0.15) is 0 Å². The predicted molar refractivity (Wildman–Crippen MR) is 86.6 cm³/mol. The number of imide groups is 1. The van der Waals surface area contributed by atoms with Crippen LogP contribution in [0.4, 0.5) is 10.5 Å². The number of nitrogens with one attached hydrogen (secondary N) is 2. The number of urea groups is 1. The van der Waals surface area contributed by atoms with E-state index in [1.165, 1.54) is 6.92 Å². The number of aliphatic hydroxyl groups excluding tert-OH is 1. The molecule has 1 aliphatic rings. The molecule has 1 unspecified atom stereocenters. The molecule has 1 heterocycles. The molecule has 4 amide bonds. The first-order chi connectivity index (χ1) is 11.2. The lowest BCUT2D eigenvalue weighted by molar-refractivity contribution is -0.131. The van der Waals surface area contributed by atoms with Gasteiger partial charge in [0, 0.05) is 12.6 Å². The summed E-state index contributed by atoms with van der Waals surface area (Å²) in [6.07, 6.45) is -1.01. The second-order valence-corrected chi connectivity index (χ2v) is 6.14. The molecule has 0 spiro atoms. The molecule has 2 rings (SSSR count). The molecule has 0 saturated carbocycles. The van der Waals surface area contributed by atoms with Crippen LogP contribution in [0.5, 0.6) is 5.75 Å². The summed E-state index contributed by atoms with van der Waals surface area (Å²) in [7, 11) is 0. The zero-order valence-electron chi connectivity index (χ0n) is 13.8. The Balaban J connectivity index is 1.85. The van der Waals surface area contributed by atoms with E-state index in [4.69, 9.17) is 4.74 Å². The van der Waals surface area contributed by atoms with Crippen LogP contribution in [0.15, 0.2) is 24.3 Å². The largest absolute Gasteiger partial charge is 0.491 e. The molecule has 1 fully saturated rings. The van der Waals surface area contributed by atoms with Crippen molar-refractivity contribution in [2.45, 2.75) is 32.4 Å². The van der Waals surface area contributed by atoms with Crippen molar-refractivity contribution >= 4 is 23.5 Å². The molecule has 1 atom stereocenters. The fourth-order valence-corrected chi connectivity index (χ4v) is 2.28. The number of carbonyl (C=O) groups excluding carboxylic acids is 3. The van der Waals surface area contributed by atoms with Gasteiger partial charge in [0.15, 0.2) is 0 Å². The van der Waals surface area contributed by atoms with E-state index in [0.717, 1.165) is 4.90 Å². The maximum absolute atomic E-state index is 12.0. The SMILES string of the molecule is CC(=O)Nc1ccc(OCC(O)CN2C(=O)NC(C)(C)C2=O)cc1.